The van der Waals surface area contributed by atoms with E-state index in [4.69, 9.17) is 4.74 Å². The van der Waals surface area contributed by atoms with E-state index in [1.807, 2.05) is 48.5 Å². The Morgan fingerprint density at radius 3 is 2.66 bits per heavy atom. The molecule has 1 amide bonds. The van der Waals surface area contributed by atoms with E-state index in [1.54, 1.807) is 12.0 Å². The SMILES string of the molecule is COc1ccc2nc(N(Cc3ccccc3)C(=O)c3ccc(=O)n(C)n3)sc2c1. The third kappa shape index (κ3) is 3.88. The van der Waals surface area contributed by atoms with Gasteiger partial charge in [-0.15, -0.1) is 0 Å². The summed E-state index contributed by atoms with van der Waals surface area (Å²) >= 11 is 1.40. The number of benzene rings is 2. The lowest BCUT2D eigenvalue weighted by Crippen LogP contribution is -2.33. The van der Waals surface area contributed by atoms with Gasteiger partial charge < -0.3 is 4.74 Å². The van der Waals surface area contributed by atoms with Gasteiger partial charge in [0.2, 0.25) is 0 Å². The third-order valence-corrected chi connectivity index (χ3v) is 5.46. The second-order valence-electron chi connectivity index (χ2n) is 6.39. The lowest BCUT2D eigenvalue weighted by atomic mass is 10.2. The van der Waals surface area contributed by atoms with Crippen LogP contribution in [0.2, 0.25) is 0 Å². The van der Waals surface area contributed by atoms with Gasteiger partial charge in [0.1, 0.15) is 11.4 Å². The van der Waals surface area contributed by atoms with Crippen LogP contribution in [0.25, 0.3) is 10.2 Å². The number of anilines is 1. The van der Waals surface area contributed by atoms with Crippen molar-refractivity contribution >= 4 is 32.6 Å². The van der Waals surface area contributed by atoms with Crippen LogP contribution in [0.1, 0.15) is 16.1 Å². The first kappa shape index (κ1) is 18.8. The number of nitrogens with zero attached hydrogens (tertiary/aromatic N) is 4. The smallest absolute Gasteiger partial charge is 0.280 e. The van der Waals surface area contributed by atoms with Crippen molar-refractivity contribution < 1.29 is 9.53 Å². The minimum atomic E-state index is -0.324. The molecule has 2 aromatic carbocycles. The molecule has 4 rings (SSSR count). The van der Waals surface area contributed by atoms with Crippen LogP contribution in [0.15, 0.2) is 65.5 Å². The van der Waals surface area contributed by atoms with Gasteiger partial charge in [-0.1, -0.05) is 41.7 Å². The van der Waals surface area contributed by atoms with Gasteiger partial charge in [0.15, 0.2) is 5.13 Å². The number of hydrogen-bond donors (Lipinski definition) is 0. The molecule has 0 bridgehead atoms. The minimum Gasteiger partial charge on any atom is -0.497 e. The van der Waals surface area contributed by atoms with Gasteiger partial charge in [0, 0.05) is 13.1 Å². The van der Waals surface area contributed by atoms with E-state index in [2.05, 4.69) is 10.1 Å². The van der Waals surface area contributed by atoms with Crippen LogP contribution in [0.4, 0.5) is 5.13 Å². The number of thiazole rings is 1. The van der Waals surface area contributed by atoms with Crippen LogP contribution in [0.5, 0.6) is 5.75 Å². The first-order valence-corrected chi connectivity index (χ1v) is 9.71. The molecule has 2 heterocycles. The number of fused-ring (bicyclic) bond motifs is 1. The average molecular weight is 406 g/mol. The largest absolute Gasteiger partial charge is 0.497 e. The van der Waals surface area contributed by atoms with Crippen LogP contribution in [-0.4, -0.2) is 27.8 Å². The Bertz CT molecular complexity index is 1230. The lowest BCUT2D eigenvalue weighted by Gasteiger charge is -2.19. The standard InChI is InChI=1S/C21H18N4O3S/c1-24-19(26)11-10-17(23-24)20(27)25(13-14-6-4-3-5-7-14)21-22-16-9-8-15(28-2)12-18(16)29-21/h3-12H,13H2,1-2H3. The highest BCUT2D eigenvalue weighted by Crippen LogP contribution is 2.32. The number of methoxy groups -OCH3 is 1. The Balaban J connectivity index is 1.78. The monoisotopic (exact) mass is 406 g/mol. The fourth-order valence-corrected chi connectivity index (χ4v) is 3.87. The highest BCUT2D eigenvalue weighted by Gasteiger charge is 2.23. The van der Waals surface area contributed by atoms with Crippen LogP contribution < -0.4 is 15.2 Å². The highest BCUT2D eigenvalue weighted by atomic mass is 32.1. The molecule has 4 aromatic rings. The Morgan fingerprint density at radius 1 is 1.14 bits per heavy atom. The Hall–Kier alpha value is -3.52. The second-order valence-corrected chi connectivity index (χ2v) is 7.40. The van der Waals surface area contributed by atoms with Gasteiger partial charge in [0.05, 0.1) is 23.9 Å². The quantitative estimate of drug-likeness (QED) is 0.508. The molecule has 0 radical (unpaired) electrons. The van der Waals surface area contributed by atoms with Gasteiger partial charge in [-0.25, -0.2) is 9.67 Å². The molecule has 0 aliphatic rings. The van der Waals surface area contributed by atoms with Gasteiger partial charge in [-0.2, -0.15) is 5.10 Å². The second kappa shape index (κ2) is 7.84. The van der Waals surface area contributed by atoms with E-state index in [1.165, 1.54) is 30.5 Å². The van der Waals surface area contributed by atoms with Crippen molar-refractivity contribution in [3.63, 3.8) is 0 Å². The topological polar surface area (TPSA) is 77.3 Å². The predicted molar refractivity (Wildman–Crippen MR) is 113 cm³/mol. The summed E-state index contributed by atoms with van der Waals surface area (Å²) in [5.41, 5.74) is 1.65. The minimum absolute atomic E-state index is 0.180. The first-order valence-electron chi connectivity index (χ1n) is 8.90. The summed E-state index contributed by atoms with van der Waals surface area (Å²) in [6.07, 6.45) is 0. The normalized spacial score (nSPS) is 10.8. The van der Waals surface area contributed by atoms with E-state index < -0.39 is 0 Å². The number of aromatic nitrogens is 3. The Morgan fingerprint density at radius 2 is 1.93 bits per heavy atom. The fourth-order valence-electron chi connectivity index (χ4n) is 2.88. The number of rotatable bonds is 5. The molecule has 29 heavy (non-hydrogen) atoms. The number of aryl methyl sites for hydroxylation is 1. The number of ether oxygens (including phenoxy) is 1. The summed E-state index contributed by atoms with van der Waals surface area (Å²) in [6, 6.07) is 18.0. The molecule has 0 aliphatic heterocycles. The van der Waals surface area contributed by atoms with Crippen LogP contribution in [0, 0.1) is 0 Å². The molecule has 0 N–H and O–H groups in total. The summed E-state index contributed by atoms with van der Waals surface area (Å²) in [4.78, 5) is 31.2. The number of hydrogen-bond acceptors (Lipinski definition) is 6. The summed E-state index contributed by atoms with van der Waals surface area (Å²) in [6.45, 7) is 0.334. The zero-order chi connectivity index (χ0) is 20.4. The summed E-state index contributed by atoms with van der Waals surface area (Å²) in [5.74, 6) is 0.406. The molecule has 0 saturated heterocycles. The predicted octanol–water partition coefficient (Wildman–Crippen LogP) is 3.25. The zero-order valence-corrected chi connectivity index (χ0v) is 16.7. The van der Waals surface area contributed by atoms with Crippen molar-refractivity contribution in [3.8, 4) is 5.75 Å². The van der Waals surface area contributed by atoms with Crippen LogP contribution in [-0.2, 0) is 13.6 Å². The van der Waals surface area contributed by atoms with E-state index in [0.29, 0.717) is 11.7 Å². The molecule has 8 heteroatoms. The average Bonchev–Trinajstić information content (AvgIpc) is 3.17. The molecule has 0 spiro atoms. The molecule has 0 atom stereocenters. The van der Waals surface area contributed by atoms with Gasteiger partial charge >= 0.3 is 0 Å². The molecule has 0 fully saturated rings. The lowest BCUT2D eigenvalue weighted by molar-refractivity contribution is 0.0978. The van der Waals surface area contributed by atoms with Gasteiger partial charge in [-0.05, 0) is 29.8 Å². The van der Waals surface area contributed by atoms with E-state index >= 15 is 0 Å². The molecule has 0 unspecified atom stereocenters. The molecule has 2 aromatic heterocycles. The van der Waals surface area contributed by atoms with Crippen LogP contribution >= 0.6 is 11.3 Å². The zero-order valence-electron chi connectivity index (χ0n) is 15.9. The summed E-state index contributed by atoms with van der Waals surface area (Å²) in [5, 5.41) is 4.67. The Labute approximate surface area is 170 Å². The maximum atomic E-state index is 13.3. The van der Waals surface area contributed by atoms with E-state index in [9.17, 15) is 9.59 Å². The fraction of sp³-hybridized carbons (Fsp3) is 0.143. The summed E-state index contributed by atoms with van der Waals surface area (Å²) in [7, 11) is 3.13. The first-order chi connectivity index (χ1) is 14.0. The maximum absolute atomic E-state index is 13.3. The van der Waals surface area contributed by atoms with Crippen molar-refractivity contribution in [2.24, 2.45) is 7.05 Å². The Kier molecular flexibility index (Phi) is 5.09. The van der Waals surface area contributed by atoms with Crippen LogP contribution in [0.3, 0.4) is 0 Å². The number of carbonyl (C=O) groups is 1. The van der Waals surface area contributed by atoms with Gasteiger partial charge in [0.25, 0.3) is 11.5 Å². The van der Waals surface area contributed by atoms with Crippen molar-refractivity contribution in [1.29, 1.82) is 0 Å². The molecular formula is C21H18N4O3S. The van der Waals surface area contributed by atoms with Gasteiger partial charge in [-0.3, -0.25) is 14.5 Å². The molecule has 146 valence electrons. The third-order valence-electron chi connectivity index (χ3n) is 4.42. The van der Waals surface area contributed by atoms with Crippen molar-refractivity contribution in [3.05, 3.63) is 82.3 Å². The highest BCUT2D eigenvalue weighted by molar-refractivity contribution is 7.22. The van der Waals surface area contributed by atoms with E-state index in [0.717, 1.165) is 26.2 Å². The number of carbonyl (C=O) groups excluding carboxylic acids is 1. The molecule has 0 saturated carbocycles. The van der Waals surface area contributed by atoms with E-state index in [-0.39, 0.29) is 17.2 Å². The molecular weight excluding hydrogens is 388 g/mol. The maximum Gasteiger partial charge on any atom is 0.280 e. The molecule has 7 nitrogen and oxygen atoms in total. The van der Waals surface area contributed by atoms with Crippen molar-refractivity contribution in [2.75, 3.05) is 12.0 Å². The number of amides is 1. The molecule has 0 aliphatic carbocycles. The van der Waals surface area contributed by atoms with Crippen molar-refractivity contribution in [2.45, 2.75) is 6.54 Å². The van der Waals surface area contributed by atoms with Crippen molar-refractivity contribution in [1.82, 2.24) is 14.8 Å². The summed E-state index contributed by atoms with van der Waals surface area (Å²) < 4.78 is 7.35.